The zero-order valence-electron chi connectivity index (χ0n) is 10.3. The van der Waals surface area contributed by atoms with E-state index in [1.54, 1.807) is 0 Å². The molecule has 0 aliphatic heterocycles. The van der Waals surface area contributed by atoms with Crippen LogP contribution in [0, 0.1) is 5.92 Å². The maximum Gasteiger partial charge on any atom is 0.205 e. The molecule has 0 aliphatic carbocycles. The van der Waals surface area contributed by atoms with Gasteiger partial charge in [0, 0.05) is 31.0 Å². The number of hydrogen-bond donors (Lipinski definition) is 0. The van der Waals surface area contributed by atoms with E-state index in [0.29, 0.717) is 12.0 Å². The lowest BCUT2D eigenvalue weighted by atomic mass is 10.1. The van der Waals surface area contributed by atoms with Gasteiger partial charge in [0.2, 0.25) is 5.13 Å². The smallest absolute Gasteiger partial charge is 0.205 e. The molecule has 86 valence electrons. The zero-order valence-corrected chi connectivity index (χ0v) is 11.1. The monoisotopic (exact) mass is 227 g/mol. The van der Waals surface area contributed by atoms with Crippen LogP contribution in [0.1, 0.15) is 39.9 Å². The summed E-state index contributed by atoms with van der Waals surface area (Å²) in [6, 6.07) is 0.532. The average molecular weight is 227 g/mol. The largest absolute Gasteiger partial charge is 0.347 e. The number of anilines is 1. The van der Waals surface area contributed by atoms with Crippen LogP contribution in [0.3, 0.4) is 0 Å². The SMILES string of the molecule is CCC(C)N(C)c1nc(CC(C)C)ns1. The van der Waals surface area contributed by atoms with Crippen LogP contribution in [-0.4, -0.2) is 22.4 Å². The molecule has 0 saturated heterocycles. The van der Waals surface area contributed by atoms with Gasteiger partial charge < -0.3 is 4.90 Å². The maximum atomic E-state index is 4.55. The molecule has 1 aromatic rings. The number of hydrogen-bond acceptors (Lipinski definition) is 4. The Hall–Kier alpha value is -0.640. The molecule has 4 heteroatoms. The van der Waals surface area contributed by atoms with Crippen molar-refractivity contribution in [2.75, 3.05) is 11.9 Å². The summed E-state index contributed by atoms with van der Waals surface area (Å²) in [7, 11) is 2.09. The summed E-state index contributed by atoms with van der Waals surface area (Å²) in [6.45, 7) is 8.79. The second kappa shape index (κ2) is 5.45. The highest BCUT2D eigenvalue weighted by Gasteiger charge is 2.13. The van der Waals surface area contributed by atoms with E-state index >= 15 is 0 Å². The van der Waals surface area contributed by atoms with Crippen LogP contribution in [-0.2, 0) is 6.42 Å². The first-order valence-corrected chi connectivity index (χ1v) is 6.37. The number of nitrogens with zero attached hydrogens (tertiary/aromatic N) is 3. The van der Waals surface area contributed by atoms with Crippen LogP contribution < -0.4 is 4.90 Å². The van der Waals surface area contributed by atoms with Gasteiger partial charge in [-0.05, 0) is 19.3 Å². The average Bonchev–Trinajstić information content (AvgIpc) is 2.63. The summed E-state index contributed by atoms with van der Waals surface area (Å²) >= 11 is 1.51. The lowest BCUT2D eigenvalue weighted by Crippen LogP contribution is -2.27. The Morgan fingerprint density at radius 2 is 2.00 bits per heavy atom. The predicted octanol–water partition coefficient (Wildman–Crippen LogP) is 2.97. The molecule has 3 nitrogen and oxygen atoms in total. The molecule has 15 heavy (non-hydrogen) atoms. The van der Waals surface area contributed by atoms with Gasteiger partial charge in [0.05, 0.1) is 0 Å². The van der Waals surface area contributed by atoms with Gasteiger partial charge in [0.25, 0.3) is 0 Å². The Morgan fingerprint density at radius 3 is 2.53 bits per heavy atom. The normalized spacial score (nSPS) is 13.2. The Labute approximate surface area is 96.7 Å². The summed E-state index contributed by atoms with van der Waals surface area (Å²) in [5.41, 5.74) is 0. The molecule has 1 atom stereocenters. The van der Waals surface area contributed by atoms with E-state index in [1.807, 2.05) is 0 Å². The van der Waals surface area contributed by atoms with Crippen LogP contribution >= 0.6 is 11.5 Å². The maximum absolute atomic E-state index is 4.55. The van der Waals surface area contributed by atoms with Crippen LogP contribution in [0.4, 0.5) is 5.13 Å². The van der Waals surface area contributed by atoms with Gasteiger partial charge in [0.15, 0.2) is 0 Å². The minimum absolute atomic E-state index is 0.532. The lowest BCUT2D eigenvalue weighted by molar-refractivity contribution is 0.623. The highest BCUT2D eigenvalue weighted by Crippen LogP contribution is 2.20. The van der Waals surface area contributed by atoms with Crippen molar-refractivity contribution in [3.05, 3.63) is 5.82 Å². The molecule has 1 unspecified atom stereocenters. The third-order valence-corrected chi connectivity index (χ3v) is 3.45. The second-order valence-corrected chi connectivity index (χ2v) is 5.19. The van der Waals surface area contributed by atoms with Crippen molar-refractivity contribution in [1.29, 1.82) is 0 Å². The van der Waals surface area contributed by atoms with E-state index in [-0.39, 0.29) is 0 Å². The molecule has 0 spiro atoms. The number of rotatable bonds is 5. The van der Waals surface area contributed by atoms with Crippen molar-refractivity contribution >= 4 is 16.7 Å². The fourth-order valence-corrected chi connectivity index (χ4v) is 2.06. The van der Waals surface area contributed by atoms with Crippen LogP contribution in [0.15, 0.2) is 0 Å². The lowest BCUT2D eigenvalue weighted by Gasteiger charge is -2.22. The van der Waals surface area contributed by atoms with E-state index < -0.39 is 0 Å². The zero-order chi connectivity index (χ0) is 11.4. The Kier molecular flexibility index (Phi) is 4.51. The Morgan fingerprint density at radius 1 is 1.33 bits per heavy atom. The molecule has 0 fully saturated rings. The Balaban J connectivity index is 2.66. The van der Waals surface area contributed by atoms with Crippen LogP contribution in [0.5, 0.6) is 0 Å². The van der Waals surface area contributed by atoms with Crippen molar-refractivity contribution in [3.63, 3.8) is 0 Å². The summed E-state index contributed by atoms with van der Waals surface area (Å²) in [4.78, 5) is 6.76. The van der Waals surface area contributed by atoms with Gasteiger partial charge in [-0.2, -0.15) is 4.37 Å². The second-order valence-electron chi connectivity index (χ2n) is 4.46. The van der Waals surface area contributed by atoms with E-state index in [0.717, 1.165) is 23.8 Å². The predicted molar refractivity (Wildman–Crippen MR) is 66.6 cm³/mol. The first-order valence-electron chi connectivity index (χ1n) is 5.60. The minimum Gasteiger partial charge on any atom is -0.347 e. The summed E-state index contributed by atoms with van der Waals surface area (Å²) < 4.78 is 4.38. The molecule has 0 saturated carbocycles. The minimum atomic E-state index is 0.532. The fraction of sp³-hybridized carbons (Fsp3) is 0.818. The van der Waals surface area contributed by atoms with E-state index in [9.17, 15) is 0 Å². The van der Waals surface area contributed by atoms with Crippen molar-refractivity contribution in [3.8, 4) is 0 Å². The van der Waals surface area contributed by atoms with Gasteiger partial charge >= 0.3 is 0 Å². The molecule has 0 N–H and O–H groups in total. The van der Waals surface area contributed by atoms with Crippen LogP contribution in [0.25, 0.3) is 0 Å². The van der Waals surface area contributed by atoms with Crippen molar-refractivity contribution in [2.24, 2.45) is 5.92 Å². The van der Waals surface area contributed by atoms with Gasteiger partial charge in [-0.15, -0.1) is 0 Å². The third kappa shape index (κ3) is 3.45. The van der Waals surface area contributed by atoms with Crippen LogP contribution in [0.2, 0.25) is 0 Å². The molecule has 0 bridgehead atoms. The van der Waals surface area contributed by atoms with Crippen molar-refractivity contribution in [1.82, 2.24) is 9.36 Å². The molecule has 1 aromatic heterocycles. The quantitative estimate of drug-likeness (QED) is 0.774. The first kappa shape index (κ1) is 12.4. The molecule has 1 heterocycles. The van der Waals surface area contributed by atoms with Gasteiger partial charge in [-0.1, -0.05) is 20.8 Å². The Bertz CT molecular complexity index is 296. The van der Waals surface area contributed by atoms with E-state index in [2.05, 4.69) is 49.0 Å². The molecule has 0 radical (unpaired) electrons. The molecule has 0 aromatic carbocycles. The van der Waals surface area contributed by atoms with E-state index in [1.165, 1.54) is 11.5 Å². The molecule has 0 amide bonds. The molecule has 1 rings (SSSR count). The standard InChI is InChI=1S/C11H21N3S/c1-6-9(4)14(5)11-12-10(13-15-11)7-8(2)3/h8-9H,6-7H2,1-5H3. The highest BCUT2D eigenvalue weighted by atomic mass is 32.1. The fourth-order valence-electron chi connectivity index (χ4n) is 1.30. The van der Waals surface area contributed by atoms with E-state index in [4.69, 9.17) is 0 Å². The molecular weight excluding hydrogens is 206 g/mol. The topological polar surface area (TPSA) is 29.0 Å². The molecular formula is C11H21N3S. The summed E-state index contributed by atoms with van der Waals surface area (Å²) in [5.74, 6) is 1.61. The molecule has 0 aliphatic rings. The highest BCUT2D eigenvalue weighted by molar-refractivity contribution is 7.09. The summed E-state index contributed by atoms with van der Waals surface area (Å²) in [5, 5.41) is 1.04. The first-order chi connectivity index (χ1) is 7.04. The van der Waals surface area contributed by atoms with Gasteiger partial charge in [-0.3, -0.25) is 0 Å². The van der Waals surface area contributed by atoms with Gasteiger partial charge in [-0.25, -0.2) is 4.98 Å². The summed E-state index contributed by atoms with van der Waals surface area (Å²) in [6.07, 6.45) is 2.11. The number of aromatic nitrogens is 2. The van der Waals surface area contributed by atoms with Gasteiger partial charge in [0.1, 0.15) is 5.82 Å². The van der Waals surface area contributed by atoms with Crippen molar-refractivity contribution < 1.29 is 0 Å². The van der Waals surface area contributed by atoms with Crippen molar-refractivity contribution in [2.45, 2.75) is 46.6 Å². The third-order valence-electron chi connectivity index (χ3n) is 2.60.